The molecule has 19 heavy (non-hydrogen) atoms. The number of benzene rings is 3. The molecule has 0 atom stereocenters. The van der Waals surface area contributed by atoms with Crippen LogP contribution in [0.1, 0.15) is 0 Å². The lowest BCUT2D eigenvalue weighted by Gasteiger charge is -2.11. The first kappa shape index (κ1) is 12.3. The molecule has 0 aliphatic carbocycles. The molecule has 0 saturated carbocycles. The summed E-state index contributed by atoms with van der Waals surface area (Å²) >= 11 is 12.2. The van der Waals surface area contributed by atoms with Gasteiger partial charge in [-0.15, -0.1) is 0 Å². The monoisotopic (exact) mass is 288 g/mol. The van der Waals surface area contributed by atoms with Crippen molar-refractivity contribution in [3.63, 3.8) is 0 Å². The molecule has 0 heterocycles. The van der Waals surface area contributed by atoms with Gasteiger partial charge < -0.3 is 5.11 Å². The molecule has 0 aromatic heterocycles. The molecule has 0 unspecified atom stereocenters. The molecular formula is C16H10Cl2O. The fourth-order valence-electron chi connectivity index (χ4n) is 2.23. The number of halogens is 2. The molecule has 1 nitrogen and oxygen atoms in total. The molecule has 0 amide bonds. The van der Waals surface area contributed by atoms with Crippen LogP contribution in [0.5, 0.6) is 5.75 Å². The van der Waals surface area contributed by atoms with E-state index < -0.39 is 0 Å². The second kappa shape index (κ2) is 4.76. The van der Waals surface area contributed by atoms with E-state index in [4.69, 9.17) is 23.2 Å². The van der Waals surface area contributed by atoms with Gasteiger partial charge in [0.1, 0.15) is 5.75 Å². The molecule has 3 aromatic carbocycles. The third-order valence-corrected chi connectivity index (χ3v) is 3.66. The normalized spacial score (nSPS) is 10.8. The van der Waals surface area contributed by atoms with Gasteiger partial charge in [-0.2, -0.15) is 0 Å². The molecule has 0 aliphatic rings. The van der Waals surface area contributed by atoms with E-state index in [1.165, 1.54) is 0 Å². The maximum atomic E-state index is 9.96. The van der Waals surface area contributed by atoms with E-state index in [1.807, 2.05) is 48.5 Å². The molecule has 3 heteroatoms. The Morgan fingerprint density at radius 3 is 2.11 bits per heavy atom. The first-order valence-electron chi connectivity index (χ1n) is 5.83. The smallest absolute Gasteiger partial charge is 0.124 e. The SMILES string of the molecule is Oc1cc(Cl)c(-c2ccc(Cl)cc2)c2ccccc12. The zero-order valence-electron chi connectivity index (χ0n) is 9.90. The van der Waals surface area contributed by atoms with Gasteiger partial charge in [-0.3, -0.25) is 0 Å². The van der Waals surface area contributed by atoms with Crippen LogP contribution in [0, 0.1) is 0 Å². The average Bonchev–Trinajstić information content (AvgIpc) is 2.41. The summed E-state index contributed by atoms with van der Waals surface area (Å²) in [6.45, 7) is 0. The number of phenolic OH excluding ortho intramolecular Hbond substituents is 1. The summed E-state index contributed by atoms with van der Waals surface area (Å²) in [6, 6.07) is 16.7. The molecule has 0 saturated heterocycles. The Balaban J connectivity index is 2.37. The number of phenols is 1. The lowest BCUT2D eigenvalue weighted by molar-refractivity contribution is 0.482. The molecule has 1 N–H and O–H groups in total. The predicted molar refractivity (Wildman–Crippen MR) is 81.1 cm³/mol. The standard InChI is InChI=1S/C16H10Cl2O/c17-11-7-5-10(6-8-11)16-13-4-2-1-3-12(13)15(19)9-14(16)18/h1-9,19H. The molecule has 0 bridgehead atoms. The summed E-state index contributed by atoms with van der Waals surface area (Å²) in [7, 11) is 0. The van der Waals surface area contributed by atoms with Crippen LogP contribution in [0.2, 0.25) is 10.0 Å². The molecular weight excluding hydrogens is 279 g/mol. The number of fused-ring (bicyclic) bond motifs is 1. The summed E-state index contributed by atoms with van der Waals surface area (Å²) in [4.78, 5) is 0. The summed E-state index contributed by atoms with van der Waals surface area (Å²) in [6.07, 6.45) is 0. The maximum Gasteiger partial charge on any atom is 0.124 e. The highest BCUT2D eigenvalue weighted by molar-refractivity contribution is 6.35. The van der Waals surface area contributed by atoms with Crippen LogP contribution < -0.4 is 0 Å². The Hall–Kier alpha value is -1.70. The van der Waals surface area contributed by atoms with Crippen molar-refractivity contribution in [2.24, 2.45) is 0 Å². The number of hydrogen-bond donors (Lipinski definition) is 1. The highest BCUT2D eigenvalue weighted by Crippen LogP contribution is 2.39. The molecule has 0 radical (unpaired) electrons. The van der Waals surface area contributed by atoms with Crippen molar-refractivity contribution in [2.45, 2.75) is 0 Å². The first-order chi connectivity index (χ1) is 9.16. The first-order valence-corrected chi connectivity index (χ1v) is 6.58. The average molecular weight is 289 g/mol. The Bertz CT molecular complexity index is 749. The van der Waals surface area contributed by atoms with Crippen LogP contribution in [0.4, 0.5) is 0 Å². The number of aromatic hydroxyl groups is 1. The molecule has 0 spiro atoms. The van der Waals surface area contributed by atoms with E-state index >= 15 is 0 Å². The molecule has 94 valence electrons. The highest BCUT2D eigenvalue weighted by atomic mass is 35.5. The lowest BCUT2D eigenvalue weighted by Crippen LogP contribution is -1.84. The summed E-state index contributed by atoms with van der Waals surface area (Å²) in [5, 5.41) is 12.9. The molecule has 3 aromatic rings. The number of rotatable bonds is 1. The van der Waals surface area contributed by atoms with Crippen molar-refractivity contribution in [2.75, 3.05) is 0 Å². The summed E-state index contributed by atoms with van der Waals surface area (Å²) in [5.74, 6) is 0.193. The van der Waals surface area contributed by atoms with Gasteiger partial charge in [-0.25, -0.2) is 0 Å². The van der Waals surface area contributed by atoms with Crippen LogP contribution in [-0.2, 0) is 0 Å². The van der Waals surface area contributed by atoms with Gasteiger partial charge in [0, 0.05) is 16.0 Å². The Morgan fingerprint density at radius 2 is 1.42 bits per heavy atom. The van der Waals surface area contributed by atoms with Gasteiger partial charge in [-0.1, -0.05) is 59.6 Å². The van der Waals surface area contributed by atoms with Crippen molar-refractivity contribution < 1.29 is 5.11 Å². The zero-order chi connectivity index (χ0) is 13.4. The largest absolute Gasteiger partial charge is 0.507 e. The van der Waals surface area contributed by atoms with E-state index in [-0.39, 0.29) is 5.75 Å². The highest BCUT2D eigenvalue weighted by Gasteiger charge is 2.11. The van der Waals surface area contributed by atoms with Gasteiger partial charge in [-0.05, 0) is 29.1 Å². The van der Waals surface area contributed by atoms with Crippen molar-refractivity contribution in [1.29, 1.82) is 0 Å². The third kappa shape index (κ3) is 2.16. The lowest BCUT2D eigenvalue weighted by atomic mass is 9.97. The topological polar surface area (TPSA) is 20.2 Å². The van der Waals surface area contributed by atoms with E-state index in [0.717, 1.165) is 21.9 Å². The predicted octanol–water partition coefficient (Wildman–Crippen LogP) is 5.52. The van der Waals surface area contributed by atoms with Crippen LogP contribution in [-0.4, -0.2) is 5.11 Å². The van der Waals surface area contributed by atoms with Gasteiger partial charge in [0.25, 0.3) is 0 Å². The number of hydrogen-bond acceptors (Lipinski definition) is 1. The van der Waals surface area contributed by atoms with Crippen molar-refractivity contribution in [1.82, 2.24) is 0 Å². The van der Waals surface area contributed by atoms with Gasteiger partial charge in [0.15, 0.2) is 0 Å². The van der Waals surface area contributed by atoms with Crippen molar-refractivity contribution >= 4 is 34.0 Å². The fourth-order valence-corrected chi connectivity index (χ4v) is 2.67. The van der Waals surface area contributed by atoms with E-state index in [0.29, 0.717) is 10.0 Å². The zero-order valence-corrected chi connectivity index (χ0v) is 11.4. The third-order valence-electron chi connectivity index (χ3n) is 3.11. The fraction of sp³-hybridized carbons (Fsp3) is 0. The van der Waals surface area contributed by atoms with Gasteiger partial charge in [0.2, 0.25) is 0 Å². The Labute approximate surface area is 121 Å². The van der Waals surface area contributed by atoms with Gasteiger partial charge >= 0.3 is 0 Å². The quantitative estimate of drug-likeness (QED) is 0.625. The van der Waals surface area contributed by atoms with E-state index in [2.05, 4.69) is 0 Å². The van der Waals surface area contributed by atoms with Crippen molar-refractivity contribution in [3.05, 3.63) is 64.6 Å². The minimum absolute atomic E-state index is 0.193. The molecule has 3 rings (SSSR count). The van der Waals surface area contributed by atoms with Crippen LogP contribution >= 0.6 is 23.2 Å². The second-order valence-corrected chi connectivity index (χ2v) is 5.15. The van der Waals surface area contributed by atoms with E-state index in [9.17, 15) is 5.11 Å². The minimum atomic E-state index is 0.193. The maximum absolute atomic E-state index is 9.96. The summed E-state index contributed by atoms with van der Waals surface area (Å²) < 4.78 is 0. The van der Waals surface area contributed by atoms with Crippen LogP contribution in [0.25, 0.3) is 21.9 Å². The molecule has 0 fully saturated rings. The van der Waals surface area contributed by atoms with E-state index in [1.54, 1.807) is 6.07 Å². The van der Waals surface area contributed by atoms with Gasteiger partial charge in [0.05, 0.1) is 5.02 Å². The minimum Gasteiger partial charge on any atom is -0.507 e. The summed E-state index contributed by atoms with van der Waals surface area (Å²) in [5.41, 5.74) is 1.89. The van der Waals surface area contributed by atoms with Crippen LogP contribution in [0.15, 0.2) is 54.6 Å². The second-order valence-electron chi connectivity index (χ2n) is 4.30. The van der Waals surface area contributed by atoms with Crippen LogP contribution in [0.3, 0.4) is 0 Å². The Kier molecular flexibility index (Phi) is 3.09. The Morgan fingerprint density at radius 1 is 0.789 bits per heavy atom. The van der Waals surface area contributed by atoms with Crippen molar-refractivity contribution in [3.8, 4) is 16.9 Å². The molecule has 0 aliphatic heterocycles.